The largest absolute Gasteiger partial charge is 0.370 e. The summed E-state index contributed by atoms with van der Waals surface area (Å²) in [6.07, 6.45) is 4.61. The number of hydrogen-bond donors (Lipinski definition) is 0. The topological polar surface area (TPSA) is 65.2 Å². The summed E-state index contributed by atoms with van der Waals surface area (Å²) >= 11 is 0. The summed E-state index contributed by atoms with van der Waals surface area (Å²) in [5.41, 5.74) is -0.112. The van der Waals surface area contributed by atoms with Crippen LogP contribution in [0, 0.1) is 5.41 Å². The first-order chi connectivity index (χ1) is 9.41. The first kappa shape index (κ1) is 15.2. The first-order valence-corrected chi connectivity index (χ1v) is 7.31. The van der Waals surface area contributed by atoms with Gasteiger partial charge in [-0.2, -0.15) is 4.98 Å². The first-order valence-electron chi connectivity index (χ1n) is 7.31. The van der Waals surface area contributed by atoms with Gasteiger partial charge >= 0.3 is 0 Å². The van der Waals surface area contributed by atoms with E-state index in [0.717, 1.165) is 25.7 Å². The molecular weight excluding hydrogens is 256 g/mol. The third-order valence-corrected chi connectivity index (χ3v) is 4.42. The smallest absolute Gasteiger partial charge is 0.234 e. The Morgan fingerprint density at radius 2 is 1.95 bits per heavy atom. The average molecular weight is 280 g/mol. The quantitative estimate of drug-likeness (QED) is 0.829. The van der Waals surface area contributed by atoms with E-state index >= 15 is 0 Å². The Labute approximate surface area is 120 Å². The number of rotatable bonds is 5. The van der Waals surface area contributed by atoms with Crippen molar-refractivity contribution in [1.29, 1.82) is 0 Å². The van der Waals surface area contributed by atoms with Crippen LogP contribution >= 0.6 is 0 Å². The van der Waals surface area contributed by atoms with Gasteiger partial charge in [-0.05, 0) is 31.1 Å². The molecule has 1 aliphatic rings. The predicted molar refractivity (Wildman–Crippen MR) is 74.2 cm³/mol. The monoisotopic (exact) mass is 280 g/mol. The van der Waals surface area contributed by atoms with Crippen LogP contribution in [-0.4, -0.2) is 23.0 Å². The zero-order valence-corrected chi connectivity index (χ0v) is 12.9. The van der Waals surface area contributed by atoms with Crippen LogP contribution in [0.25, 0.3) is 0 Å². The normalized spacial score (nSPS) is 20.8. The maximum atomic E-state index is 11.4. The van der Waals surface area contributed by atoms with Crippen LogP contribution < -0.4 is 0 Å². The van der Waals surface area contributed by atoms with Crippen LogP contribution in [0.5, 0.6) is 0 Å². The lowest BCUT2D eigenvalue weighted by atomic mass is 9.70. The summed E-state index contributed by atoms with van der Waals surface area (Å²) < 4.78 is 10.9. The molecule has 1 aliphatic carbocycles. The molecule has 5 heteroatoms. The van der Waals surface area contributed by atoms with Crippen LogP contribution in [0.1, 0.15) is 64.6 Å². The molecule has 0 amide bonds. The Balaban J connectivity index is 2.14. The van der Waals surface area contributed by atoms with Gasteiger partial charge in [0, 0.05) is 13.5 Å². The highest BCUT2D eigenvalue weighted by Gasteiger charge is 2.43. The number of ether oxygens (including phenoxy) is 1. The molecule has 0 radical (unpaired) electrons. The van der Waals surface area contributed by atoms with Gasteiger partial charge in [-0.15, -0.1) is 0 Å². The summed E-state index contributed by atoms with van der Waals surface area (Å²) in [5, 5.41) is 4.05. The molecule has 1 saturated carbocycles. The number of ketones is 1. The van der Waals surface area contributed by atoms with E-state index in [1.165, 1.54) is 0 Å². The molecule has 20 heavy (non-hydrogen) atoms. The van der Waals surface area contributed by atoms with Gasteiger partial charge in [0.1, 0.15) is 11.4 Å². The molecule has 0 bridgehead atoms. The highest BCUT2D eigenvalue weighted by atomic mass is 16.5. The van der Waals surface area contributed by atoms with Gasteiger partial charge in [-0.1, -0.05) is 25.9 Å². The van der Waals surface area contributed by atoms with Gasteiger partial charge in [0.15, 0.2) is 0 Å². The summed E-state index contributed by atoms with van der Waals surface area (Å²) in [5.74, 6) is 1.10. The van der Waals surface area contributed by atoms with Crippen LogP contribution in [0.2, 0.25) is 0 Å². The van der Waals surface area contributed by atoms with E-state index in [4.69, 9.17) is 9.26 Å². The number of hydrogen-bond acceptors (Lipinski definition) is 5. The Kier molecular flexibility index (Phi) is 4.28. The third-order valence-electron chi connectivity index (χ3n) is 4.42. The molecule has 0 unspecified atom stereocenters. The average Bonchev–Trinajstić information content (AvgIpc) is 2.88. The van der Waals surface area contributed by atoms with Crippen molar-refractivity contribution in [2.45, 2.75) is 64.9 Å². The number of aromatic nitrogens is 2. The molecule has 0 atom stereocenters. The standard InChI is InChI=1S/C15H24N2O3/c1-5-11(18)10-12-16-13(17-20-12)15(19-4)8-6-14(2,3)7-9-15/h5-10H2,1-4H3. The molecule has 0 aromatic carbocycles. The van der Waals surface area contributed by atoms with Crippen molar-refractivity contribution in [3.63, 3.8) is 0 Å². The lowest BCUT2D eigenvalue weighted by molar-refractivity contribution is -0.118. The van der Waals surface area contributed by atoms with Crippen molar-refractivity contribution < 1.29 is 14.1 Å². The molecular formula is C15H24N2O3. The lowest BCUT2D eigenvalue weighted by Gasteiger charge is -2.40. The fourth-order valence-corrected chi connectivity index (χ4v) is 2.66. The maximum absolute atomic E-state index is 11.4. The summed E-state index contributed by atoms with van der Waals surface area (Å²) in [4.78, 5) is 15.8. The van der Waals surface area contributed by atoms with Crippen molar-refractivity contribution in [2.24, 2.45) is 5.41 Å². The summed E-state index contributed by atoms with van der Waals surface area (Å²) in [6, 6.07) is 0. The SMILES string of the molecule is CCC(=O)Cc1nc(C2(OC)CCC(C)(C)CC2)no1. The van der Waals surface area contributed by atoms with E-state index in [-0.39, 0.29) is 12.2 Å². The number of nitrogens with zero attached hydrogens (tertiary/aromatic N) is 2. The maximum Gasteiger partial charge on any atom is 0.234 e. The molecule has 2 rings (SSSR count). The molecule has 0 aliphatic heterocycles. The Morgan fingerprint density at radius 3 is 2.50 bits per heavy atom. The highest BCUT2D eigenvalue weighted by Crippen LogP contribution is 2.46. The van der Waals surface area contributed by atoms with Gasteiger partial charge in [-0.3, -0.25) is 4.79 Å². The molecule has 1 aromatic rings. The van der Waals surface area contributed by atoms with E-state index in [0.29, 0.717) is 23.6 Å². The molecule has 1 heterocycles. The zero-order valence-electron chi connectivity index (χ0n) is 12.9. The van der Waals surface area contributed by atoms with E-state index < -0.39 is 5.60 Å². The molecule has 1 aromatic heterocycles. The molecule has 1 fully saturated rings. The zero-order chi connectivity index (χ0) is 14.8. The summed E-state index contributed by atoms with van der Waals surface area (Å²) in [6.45, 7) is 6.38. The van der Waals surface area contributed by atoms with Gasteiger partial charge in [0.2, 0.25) is 11.7 Å². The number of methoxy groups -OCH3 is 1. The number of carbonyl (C=O) groups is 1. The molecule has 5 nitrogen and oxygen atoms in total. The van der Waals surface area contributed by atoms with Gasteiger partial charge in [-0.25, -0.2) is 0 Å². The van der Waals surface area contributed by atoms with Crippen molar-refractivity contribution in [1.82, 2.24) is 10.1 Å². The van der Waals surface area contributed by atoms with E-state index in [1.54, 1.807) is 7.11 Å². The lowest BCUT2D eigenvalue weighted by Crippen LogP contribution is -2.37. The Morgan fingerprint density at radius 1 is 1.30 bits per heavy atom. The van der Waals surface area contributed by atoms with Gasteiger partial charge < -0.3 is 9.26 Å². The Hall–Kier alpha value is -1.23. The minimum Gasteiger partial charge on any atom is -0.370 e. The second-order valence-corrected chi connectivity index (χ2v) is 6.44. The third kappa shape index (κ3) is 3.08. The fraction of sp³-hybridized carbons (Fsp3) is 0.800. The summed E-state index contributed by atoms with van der Waals surface area (Å²) in [7, 11) is 1.70. The van der Waals surface area contributed by atoms with Crippen LogP contribution in [0.4, 0.5) is 0 Å². The molecule has 0 saturated heterocycles. The molecule has 0 spiro atoms. The minimum absolute atomic E-state index is 0.108. The van der Waals surface area contributed by atoms with Crippen molar-refractivity contribution >= 4 is 5.78 Å². The van der Waals surface area contributed by atoms with Crippen molar-refractivity contribution in [3.05, 3.63) is 11.7 Å². The van der Waals surface area contributed by atoms with Crippen LogP contribution in [0.3, 0.4) is 0 Å². The van der Waals surface area contributed by atoms with Gasteiger partial charge in [0.05, 0.1) is 6.42 Å². The van der Waals surface area contributed by atoms with Gasteiger partial charge in [0.25, 0.3) is 0 Å². The van der Waals surface area contributed by atoms with E-state index in [2.05, 4.69) is 24.0 Å². The molecule has 0 N–H and O–H groups in total. The fourth-order valence-electron chi connectivity index (χ4n) is 2.66. The van der Waals surface area contributed by atoms with Crippen LogP contribution in [0.15, 0.2) is 4.52 Å². The highest BCUT2D eigenvalue weighted by molar-refractivity contribution is 5.79. The van der Waals surface area contributed by atoms with Crippen molar-refractivity contribution in [2.75, 3.05) is 7.11 Å². The van der Waals surface area contributed by atoms with E-state index in [9.17, 15) is 4.79 Å². The molecule has 112 valence electrons. The second kappa shape index (κ2) is 5.64. The second-order valence-electron chi connectivity index (χ2n) is 6.44. The Bertz CT molecular complexity index is 469. The van der Waals surface area contributed by atoms with Crippen molar-refractivity contribution in [3.8, 4) is 0 Å². The van der Waals surface area contributed by atoms with Crippen LogP contribution in [-0.2, 0) is 21.6 Å². The predicted octanol–water partition coefficient (Wildman–Crippen LogP) is 3.03. The number of Topliss-reactive ketones (excluding diaryl/α,β-unsaturated/α-hetero) is 1. The number of carbonyl (C=O) groups excluding carboxylic acids is 1. The van der Waals surface area contributed by atoms with E-state index in [1.807, 2.05) is 6.92 Å². The minimum atomic E-state index is -0.452.